The summed E-state index contributed by atoms with van der Waals surface area (Å²) >= 11 is 3.27. The lowest BCUT2D eigenvalue weighted by Crippen LogP contribution is -1.99. The van der Waals surface area contributed by atoms with E-state index in [4.69, 9.17) is 0 Å². The summed E-state index contributed by atoms with van der Waals surface area (Å²) in [7, 11) is 0. The average molecular weight is 300 g/mol. The zero-order valence-corrected chi connectivity index (χ0v) is 13.2. The van der Waals surface area contributed by atoms with Crippen molar-refractivity contribution in [1.82, 2.24) is 0 Å². The highest BCUT2D eigenvalue weighted by Gasteiger charge is 2.13. The van der Waals surface area contributed by atoms with Crippen LogP contribution in [0.2, 0.25) is 0 Å². The first-order valence-electron chi connectivity index (χ1n) is 6.74. The van der Waals surface area contributed by atoms with Crippen molar-refractivity contribution in [3.8, 4) is 0 Å². The summed E-state index contributed by atoms with van der Waals surface area (Å²) in [6.07, 6.45) is 1.06. The van der Waals surface area contributed by atoms with Gasteiger partial charge in [-0.1, -0.05) is 38.1 Å². The Hall–Kier alpha value is -1.45. The number of carbonyl (C=O) groups excluding carboxylic acids is 1. The quantitative estimate of drug-likeness (QED) is 0.590. The van der Waals surface area contributed by atoms with Crippen molar-refractivity contribution in [2.45, 2.75) is 20.3 Å². The van der Waals surface area contributed by atoms with Crippen molar-refractivity contribution in [3.05, 3.63) is 57.8 Å². The van der Waals surface area contributed by atoms with Gasteiger partial charge in [-0.3, -0.25) is 4.79 Å². The molecule has 3 aromatic rings. The first-order chi connectivity index (χ1) is 9.63. The maximum Gasteiger partial charge on any atom is 0.203 e. The molecule has 0 unspecified atom stereocenters. The van der Waals surface area contributed by atoms with Crippen LogP contribution < -0.4 is 0 Å². The van der Waals surface area contributed by atoms with Crippen LogP contribution in [0, 0.1) is 5.92 Å². The van der Waals surface area contributed by atoms with Gasteiger partial charge in [-0.25, -0.2) is 0 Å². The molecule has 3 rings (SSSR count). The zero-order valence-electron chi connectivity index (χ0n) is 11.6. The normalized spacial score (nSPS) is 11.3. The van der Waals surface area contributed by atoms with Crippen LogP contribution in [0.4, 0.5) is 0 Å². The minimum Gasteiger partial charge on any atom is -0.288 e. The number of hydrogen-bond donors (Lipinski definition) is 0. The first kappa shape index (κ1) is 13.5. The highest BCUT2D eigenvalue weighted by atomic mass is 32.1. The van der Waals surface area contributed by atoms with Crippen molar-refractivity contribution < 1.29 is 4.79 Å². The molecular weight excluding hydrogens is 284 g/mol. The summed E-state index contributed by atoms with van der Waals surface area (Å²) in [6.45, 7) is 4.41. The second-order valence-electron chi connectivity index (χ2n) is 5.38. The molecule has 2 heterocycles. The topological polar surface area (TPSA) is 17.1 Å². The van der Waals surface area contributed by atoms with Gasteiger partial charge >= 0.3 is 0 Å². The summed E-state index contributed by atoms with van der Waals surface area (Å²) in [5.41, 5.74) is 2.08. The molecule has 3 heteroatoms. The molecule has 0 saturated heterocycles. The molecule has 20 heavy (non-hydrogen) atoms. The largest absolute Gasteiger partial charge is 0.288 e. The van der Waals surface area contributed by atoms with E-state index in [1.54, 1.807) is 22.7 Å². The molecular formula is C17H16OS2. The first-order valence-corrected chi connectivity index (χ1v) is 8.44. The van der Waals surface area contributed by atoms with Crippen LogP contribution in [0.25, 0.3) is 9.40 Å². The minimum atomic E-state index is 0.134. The summed E-state index contributed by atoms with van der Waals surface area (Å²) in [5, 5.41) is 2.07. The molecule has 0 saturated carbocycles. The van der Waals surface area contributed by atoms with Crippen molar-refractivity contribution in [2.24, 2.45) is 5.92 Å². The SMILES string of the molecule is CC(C)Cc1ccc(C(=O)c2cc3sccc3s2)cc1. The maximum absolute atomic E-state index is 12.5. The Morgan fingerprint density at radius 2 is 1.85 bits per heavy atom. The molecule has 0 bridgehead atoms. The van der Waals surface area contributed by atoms with E-state index in [2.05, 4.69) is 37.4 Å². The van der Waals surface area contributed by atoms with Crippen LogP contribution in [-0.4, -0.2) is 5.78 Å². The van der Waals surface area contributed by atoms with Gasteiger partial charge in [-0.2, -0.15) is 0 Å². The van der Waals surface area contributed by atoms with Crippen LogP contribution >= 0.6 is 22.7 Å². The van der Waals surface area contributed by atoms with E-state index >= 15 is 0 Å². The number of benzene rings is 1. The van der Waals surface area contributed by atoms with Crippen LogP contribution in [-0.2, 0) is 6.42 Å². The van der Waals surface area contributed by atoms with E-state index in [9.17, 15) is 4.79 Å². The van der Waals surface area contributed by atoms with Crippen molar-refractivity contribution in [1.29, 1.82) is 0 Å². The third-order valence-corrected chi connectivity index (χ3v) is 5.32. The Balaban J connectivity index is 1.84. The Labute approximate surface area is 126 Å². The Kier molecular flexibility index (Phi) is 3.72. The highest BCUT2D eigenvalue weighted by Crippen LogP contribution is 2.31. The number of hydrogen-bond acceptors (Lipinski definition) is 3. The third kappa shape index (κ3) is 2.69. The Morgan fingerprint density at radius 1 is 1.10 bits per heavy atom. The molecule has 0 fully saturated rings. The van der Waals surface area contributed by atoms with Gasteiger partial charge in [0.25, 0.3) is 0 Å². The number of carbonyl (C=O) groups is 1. The molecule has 102 valence electrons. The molecule has 0 aliphatic carbocycles. The third-order valence-electron chi connectivity index (χ3n) is 3.22. The van der Waals surface area contributed by atoms with E-state index in [-0.39, 0.29) is 5.78 Å². The molecule has 1 aromatic carbocycles. The molecule has 0 aliphatic heterocycles. The van der Waals surface area contributed by atoms with Crippen LogP contribution in [0.1, 0.15) is 34.6 Å². The van der Waals surface area contributed by atoms with E-state index in [0.717, 1.165) is 16.9 Å². The molecule has 0 radical (unpaired) electrons. The highest BCUT2D eigenvalue weighted by molar-refractivity contribution is 7.28. The molecule has 2 aromatic heterocycles. The number of thiophene rings is 2. The average Bonchev–Trinajstić information content (AvgIpc) is 2.98. The monoisotopic (exact) mass is 300 g/mol. The predicted molar refractivity (Wildman–Crippen MR) is 88.1 cm³/mol. The van der Waals surface area contributed by atoms with Crippen LogP contribution in [0.5, 0.6) is 0 Å². The lowest BCUT2D eigenvalue weighted by atomic mass is 10.0. The Bertz CT molecular complexity index is 703. The minimum absolute atomic E-state index is 0.134. The predicted octanol–water partition coefficient (Wildman–Crippen LogP) is 5.39. The van der Waals surface area contributed by atoms with Gasteiger partial charge in [0.05, 0.1) is 4.88 Å². The molecule has 0 aliphatic rings. The molecule has 0 amide bonds. The van der Waals surface area contributed by atoms with E-state index in [1.165, 1.54) is 15.0 Å². The number of rotatable bonds is 4. The van der Waals surface area contributed by atoms with Gasteiger partial charge < -0.3 is 0 Å². The number of fused-ring (bicyclic) bond motifs is 1. The summed E-state index contributed by atoms with van der Waals surface area (Å²) in [6, 6.07) is 12.1. The Morgan fingerprint density at radius 3 is 2.50 bits per heavy atom. The smallest absolute Gasteiger partial charge is 0.203 e. The second kappa shape index (κ2) is 5.51. The van der Waals surface area contributed by atoms with E-state index < -0.39 is 0 Å². The summed E-state index contributed by atoms with van der Waals surface area (Å²) < 4.78 is 2.41. The van der Waals surface area contributed by atoms with Crippen LogP contribution in [0.15, 0.2) is 41.8 Å². The van der Waals surface area contributed by atoms with Gasteiger partial charge in [0.15, 0.2) is 0 Å². The maximum atomic E-state index is 12.5. The standard InChI is InChI=1S/C17H16OS2/c1-11(2)9-12-3-5-13(6-4-12)17(18)16-10-15-14(20-16)7-8-19-15/h3-8,10-11H,9H2,1-2H3. The van der Waals surface area contributed by atoms with Crippen molar-refractivity contribution in [2.75, 3.05) is 0 Å². The summed E-state index contributed by atoms with van der Waals surface area (Å²) in [4.78, 5) is 13.3. The van der Waals surface area contributed by atoms with Gasteiger partial charge in [-0.05, 0) is 35.4 Å². The van der Waals surface area contributed by atoms with E-state index in [1.807, 2.05) is 18.2 Å². The van der Waals surface area contributed by atoms with Gasteiger partial charge in [0.1, 0.15) is 0 Å². The fourth-order valence-electron chi connectivity index (χ4n) is 2.28. The zero-order chi connectivity index (χ0) is 14.1. The molecule has 0 atom stereocenters. The fraction of sp³-hybridized carbons (Fsp3) is 0.235. The molecule has 0 spiro atoms. The lowest BCUT2D eigenvalue weighted by Gasteiger charge is -2.05. The van der Waals surface area contributed by atoms with Crippen molar-refractivity contribution >= 4 is 37.9 Å². The summed E-state index contributed by atoms with van der Waals surface area (Å²) in [5.74, 6) is 0.773. The van der Waals surface area contributed by atoms with Gasteiger partial charge in [0, 0.05) is 15.0 Å². The van der Waals surface area contributed by atoms with Crippen LogP contribution in [0.3, 0.4) is 0 Å². The van der Waals surface area contributed by atoms with Gasteiger partial charge in [-0.15, -0.1) is 22.7 Å². The second-order valence-corrected chi connectivity index (χ2v) is 7.42. The van der Waals surface area contributed by atoms with Gasteiger partial charge in [0.2, 0.25) is 5.78 Å². The lowest BCUT2D eigenvalue weighted by molar-refractivity contribution is 0.104. The number of ketones is 1. The van der Waals surface area contributed by atoms with Crippen molar-refractivity contribution in [3.63, 3.8) is 0 Å². The molecule has 0 N–H and O–H groups in total. The molecule has 1 nitrogen and oxygen atoms in total. The van der Waals surface area contributed by atoms with E-state index in [0.29, 0.717) is 5.92 Å². The fourth-order valence-corrected chi connectivity index (χ4v) is 4.35.